The van der Waals surface area contributed by atoms with Crippen molar-refractivity contribution in [2.24, 2.45) is 0 Å². The van der Waals surface area contributed by atoms with Crippen molar-refractivity contribution in [3.63, 3.8) is 0 Å². The molecular weight excluding hydrogens is 240 g/mol. The summed E-state index contributed by atoms with van der Waals surface area (Å²) in [4.78, 5) is 20.1. The van der Waals surface area contributed by atoms with Crippen LogP contribution in [0.3, 0.4) is 0 Å². The van der Waals surface area contributed by atoms with E-state index in [0.29, 0.717) is 10.8 Å². The molecule has 0 aliphatic heterocycles. The van der Waals surface area contributed by atoms with Crippen LogP contribution >= 0.6 is 11.6 Å². The summed E-state index contributed by atoms with van der Waals surface area (Å²) in [7, 11) is 1.48. The minimum absolute atomic E-state index is 0.172. The van der Waals surface area contributed by atoms with Gasteiger partial charge in [-0.05, 0) is 24.3 Å². The number of rotatable bonds is 3. The highest BCUT2D eigenvalue weighted by Crippen LogP contribution is 2.21. The molecule has 86 valence electrons. The fraction of sp³-hybridized carbons (Fsp3) is 0.0833. The van der Waals surface area contributed by atoms with Gasteiger partial charge in [0.25, 0.3) is 0 Å². The van der Waals surface area contributed by atoms with E-state index in [-0.39, 0.29) is 17.2 Å². The maximum absolute atomic E-state index is 12.2. The molecule has 0 atom stereocenters. The van der Waals surface area contributed by atoms with Crippen LogP contribution in [0.15, 0.2) is 36.7 Å². The van der Waals surface area contributed by atoms with Gasteiger partial charge in [0.15, 0.2) is 5.69 Å². The molecule has 0 saturated carbocycles. The first-order valence-corrected chi connectivity index (χ1v) is 5.26. The lowest BCUT2D eigenvalue weighted by atomic mass is 10.1. The molecule has 0 amide bonds. The van der Waals surface area contributed by atoms with Gasteiger partial charge in [0.2, 0.25) is 5.78 Å². The highest BCUT2D eigenvalue weighted by atomic mass is 35.5. The molecule has 0 fully saturated rings. The van der Waals surface area contributed by atoms with Crippen LogP contribution in [-0.2, 0) is 0 Å². The third-order valence-corrected chi connectivity index (χ3v) is 2.48. The number of hydrogen-bond acceptors (Lipinski definition) is 4. The number of carbonyl (C=O) groups is 1. The van der Waals surface area contributed by atoms with Crippen LogP contribution in [0.1, 0.15) is 16.2 Å². The first-order chi connectivity index (χ1) is 8.24. The highest BCUT2D eigenvalue weighted by molar-refractivity contribution is 6.34. The van der Waals surface area contributed by atoms with E-state index in [2.05, 4.69) is 9.97 Å². The summed E-state index contributed by atoms with van der Waals surface area (Å²) in [5.74, 6) is 0.0484. The van der Waals surface area contributed by atoms with Gasteiger partial charge in [-0.3, -0.25) is 9.78 Å². The lowest BCUT2D eigenvalue weighted by Crippen LogP contribution is -2.08. The Bertz CT molecular complexity index is 558. The third-order valence-electron chi connectivity index (χ3n) is 2.18. The average Bonchev–Trinajstić information content (AvgIpc) is 2.38. The Kier molecular flexibility index (Phi) is 3.35. The van der Waals surface area contributed by atoms with Crippen LogP contribution in [0.5, 0.6) is 5.75 Å². The molecular formula is C12H9ClN2O2. The molecule has 0 radical (unpaired) electrons. The summed E-state index contributed by atoms with van der Waals surface area (Å²) < 4.78 is 5.07. The van der Waals surface area contributed by atoms with E-state index in [1.807, 2.05) is 0 Å². The second kappa shape index (κ2) is 4.93. The van der Waals surface area contributed by atoms with Gasteiger partial charge in [-0.1, -0.05) is 11.6 Å². The number of carbonyl (C=O) groups excluding carboxylic acids is 1. The molecule has 0 saturated heterocycles. The summed E-state index contributed by atoms with van der Waals surface area (Å²) in [5, 5.41) is 0.296. The summed E-state index contributed by atoms with van der Waals surface area (Å²) >= 11 is 5.91. The fourth-order valence-electron chi connectivity index (χ4n) is 1.39. The Labute approximate surface area is 103 Å². The predicted octanol–water partition coefficient (Wildman–Crippen LogP) is 2.37. The molecule has 2 rings (SSSR count). The summed E-state index contributed by atoms with van der Waals surface area (Å²) in [6.07, 6.45) is 3.03. The molecule has 17 heavy (non-hydrogen) atoms. The van der Waals surface area contributed by atoms with E-state index >= 15 is 0 Å². The summed E-state index contributed by atoms with van der Waals surface area (Å²) in [6.45, 7) is 0. The van der Waals surface area contributed by atoms with Crippen LogP contribution in [0.25, 0.3) is 0 Å². The standard InChI is InChI=1S/C12H9ClN2O2/c1-17-9-5-3-7-15-11(9)12(16)10-8(13)4-2-6-14-10/h2-7H,1H3. The molecule has 0 aliphatic rings. The Balaban J connectivity index is 2.48. The molecule has 0 aromatic carbocycles. The topological polar surface area (TPSA) is 52.1 Å². The molecule has 0 bridgehead atoms. The molecule has 0 unspecified atom stereocenters. The number of nitrogens with zero attached hydrogens (tertiary/aromatic N) is 2. The number of aromatic nitrogens is 2. The highest BCUT2D eigenvalue weighted by Gasteiger charge is 2.19. The normalized spacial score (nSPS) is 10.0. The average molecular weight is 249 g/mol. The lowest BCUT2D eigenvalue weighted by molar-refractivity contribution is 0.102. The van der Waals surface area contributed by atoms with E-state index in [4.69, 9.17) is 16.3 Å². The van der Waals surface area contributed by atoms with Crippen molar-refractivity contribution < 1.29 is 9.53 Å². The first kappa shape index (κ1) is 11.5. The number of pyridine rings is 2. The smallest absolute Gasteiger partial charge is 0.234 e. The molecule has 0 aliphatic carbocycles. The van der Waals surface area contributed by atoms with Crippen molar-refractivity contribution in [3.8, 4) is 5.75 Å². The molecule has 0 spiro atoms. The first-order valence-electron chi connectivity index (χ1n) is 4.88. The van der Waals surface area contributed by atoms with Crippen LogP contribution in [-0.4, -0.2) is 22.9 Å². The minimum Gasteiger partial charge on any atom is -0.494 e. The number of ketones is 1. The van der Waals surface area contributed by atoms with Crippen molar-refractivity contribution in [2.75, 3.05) is 7.11 Å². The SMILES string of the molecule is COc1cccnc1C(=O)c1ncccc1Cl. The van der Waals surface area contributed by atoms with Crippen LogP contribution in [0.4, 0.5) is 0 Å². The molecule has 4 nitrogen and oxygen atoms in total. The quantitative estimate of drug-likeness (QED) is 0.783. The zero-order valence-corrected chi connectivity index (χ0v) is 9.81. The van der Waals surface area contributed by atoms with Crippen LogP contribution in [0.2, 0.25) is 5.02 Å². The van der Waals surface area contributed by atoms with Gasteiger partial charge in [0.05, 0.1) is 12.1 Å². The van der Waals surface area contributed by atoms with Crippen molar-refractivity contribution >= 4 is 17.4 Å². The Morgan fingerprint density at radius 1 is 1.18 bits per heavy atom. The van der Waals surface area contributed by atoms with Crippen molar-refractivity contribution in [1.29, 1.82) is 0 Å². The zero-order chi connectivity index (χ0) is 12.3. The van der Waals surface area contributed by atoms with Gasteiger partial charge >= 0.3 is 0 Å². The molecule has 2 aromatic rings. The van der Waals surface area contributed by atoms with Crippen molar-refractivity contribution in [2.45, 2.75) is 0 Å². The van der Waals surface area contributed by atoms with E-state index in [1.54, 1.807) is 24.3 Å². The predicted molar refractivity (Wildman–Crippen MR) is 63.5 cm³/mol. The van der Waals surface area contributed by atoms with Gasteiger partial charge in [-0.15, -0.1) is 0 Å². The van der Waals surface area contributed by atoms with Crippen LogP contribution in [0, 0.1) is 0 Å². The van der Waals surface area contributed by atoms with E-state index in [9.17, 15) is 4.79 Å². The van der Waals surface area contributed by atoms with Gasteiger partial charge in [0, 0.05) is 12.4 Å². The van der Waals surface area contributed by atoms with Gasteiger partial charge in [-0.25, -0.2) is 4.98 Å². The van der Waals surface area contributed by atoms with Gasteiger partial charge in [0.1, 0.15) is 11.4 Å². The van der Waals surface area contributed by atoms with Crippen LogP contribution < -0.4 is 4.74 Å². The summed E-state index contributed by atoms with van der Waals surface area (Å²) in [5.41, 5.74) is 0.377. The summed E-state index contributed by atoms with van der Waals surface area (Å²) in [6, 6.07) is 6.62. The number of hydrogen-bond donors (Lipinski definition) is 0. The maximum atomic E-state index is 12.2. The Morgan fingerprint density at radius 2 is 1.82 bits per heavy atom. The van der Waals surface area contributed by atoms with Crippen molar-refractivity contribution in [1.82, 2.24) is 9.97 Å². The monoisotopic (exact) mass is 248 g/mol. The number of methoxy groups -OCH3 is 1. The number of halogens is 1. The van der Waals surface area contributed by atoms with Crippen molar-refractivity contribution in [3.05, 3.63) is 53.1 Å². The lowest BCUT2D eigenvalue weighted by Gasteiger charge is -2.06. The number of ether oxygens (including phenoxy) is 1. The molecule has 0 N–H and O–H groups in total. The van der Waals surface area contributed by atoms with Gasteiger partial charge < -0.3 is 4.74 Å². The molecule has 2 heterocycles. The molecule has 2 aromatic heterocycles. The third kappa shape index (κ3) is 2.26. The fourth-order valence-corrected chi connectivity index (χ4v) is 1.60. The zero-order valence-electron chi connectivity index (χ0n) is 9.05. The van der Waals surface area contributed by atoms with Gasteiger partial charge in [-0.2, -0.15) is 0 Å². The van der Waals surface area contributed by atoms with E-state index in [0.717, 1.165) is 0 Å². The van der Waals surface area contributed by atoms with E-state index < -0.39 is 0 Å². The Hall–Kier alpha value is -1.94. The Morgan fingerprint density at radius 3 is 2.47 bits per heavy atom. The minimum atomic E-state index is -0.354. The molecule has 5 heteroatoms. The maximum Gasteiger partial charge on any atom is 0.234 e. The second-order valence-electron chi connectivity index (χ2n) is 3.22. The second-order valence-corrected chi connectivity index (χ2v) is 3.62. The van der Waals surface area contributed by atoms with E-state index in [1.165, 1.54) is 19.5 Å². The largest absolute Gasteiger partial charge is 0.494 e.